The Morgan fingerprint density at radius 1 is 0.880 bits per heavy atom. The van der Waals surface area contributed by atoms with Gasteiger partial charge in [-0.05, 0) is 80.5 Å². The molecule has 0 unspecified atom stereocenters. The maximum atomic E-state index is 14.5. The molecule has 3 aliphatic rings. The predicted molar refractivity (Wildman–Crippen MR) is 201 cm³/mol. The van der Waals surface area contributed by atoms with Crippen LogP contribution in [-0.4, -0.2) is 68.6 Å². The molecule has 1 saturated carbocycles. The summed E-state index contributed by atoms with van der Waals surface area (Å²) in [7, 11) is 0. The van der Waals surface area contributed by atoms with Gasteiger partial charge in [-0.1, -0.05) is 80.8 Å². The van der Waals surface area contributed by atoms with Gasteiger partial charge in [-0.3, -0.25) is 14.3 Å². The molecular formula is C41H53N7O2. The Hall–Kier alpha value is -4.24. The molecule has 4 heterocycles. The molecule has 7 rings (SSSR count). The number of nitrogens with one attached hydrogen (secondary N) is 2. The van der Waals surface area contributed by atoms with E-state index in [1.165, 1.54) is 37.7 Å². The van der Waals surface area contributed by atoms with E-state index in [-0.39, 0.29) is 29.7 Å². The molecule has 0 radical (unpaired) electrons. The summed E-state index contributed by atoms with van der Waals surface area (Å²) in [5, 5.41) is 7.74. The Bertz CT molecular complexity index is 1800. The Kier molecular flexibility index (Phi) is 10.8. The molecule has 2 aromatic heterocycles. The molecule has 0 bridgehead atoms. The van der Waals surface area contributed by atoms with E-state index in [9.17, 15) is 9.59 Å². The highest BCUT2D eigenvalue weighted by molar-refractivity contribution is 5.82. The third kappa shape index (κ3) is 7.73. The van der Waals surface area contributed by atoms with Crippen LogP contribution in [0.1, 0.15) is 88.8 Å². The van der Waals surface area contributed by atoms with E-state index in [0.29, 0.717) is 30.6 Å². The number of aryl methyl sites for hydroxylation is 1. The number of pyridine rings is 1. The lowest BCUT2D eigenvalue weighted by atomic mass is 9.84. The van der Waals surface area contributed by atoms with E-state index >= 15 is 0 Å². The van der Waals surface area contributed by atoms with E-state index < -0.39 is 0 Å². The number of nitrogens with zero attached hydrogens (tertiary/aromatic N) is 5. The molecule has 9 heteroatoms. The van der Waals surface area contributed by atoms with Crippen LogP contribution in [-0.2, 0) is 13.0 Å². The van der Waals surface area contributed by atoms with Crippen molar-refractivity contribution in [1.29, 1.82) is 0 Å². The summed E-state index contributed by atoms with van der Waals surface area (Å²) in [6.07, 6.45) is 12.4. The number of carbonyl (C=O) groups excluding carboxylic acids is 1. The fourth-order valence-electron chi connectivity index (χ4n) is 8.44. The van der Waals surface area contributed by atoms with Crippen molar-refractivity contribution >= 4 is 23.0 Å². The van der Waals surface area contributed by atoms with Gasteiger partial charge in [-0.2, -0.15) is 4.98 Å². The molecule has 3 fully saturated rings. The van der Waals surface area contributed by atoms with Gasteiger partial charge in [0.05, 0.1) is 0 Å². The molecule has 2 saturated heterocycles. The van der Waals surface area contributed by atoms with Crippen molar-refractivity contribution in [2.45, 2.75) is 103 Å². The third-order valence-corrected chi connectivity index (χ3v) is 11.5. The summed E-state index contributed by atoms with van der Waals surface area (Å²) in [6, 6.07) is 21.3. The first-order valence-corrected chi connectivity index (χ1v) is 19.1. The van der Waals surface area contributed by atoms with E-state index in [1.54, 1.807) is 0 Å². The number of fused-ring (bicyclic) bond motifs is 1. The first-order chi connectivity index (χ1) is 24.5. The number of rotatable bonds is 9. The summed E-state index contributed by atoms with van der Waals surface area (Å²) < 4.78 is 1.98. The molecule has 264 valence electrons. The molecule has 1 aliphatic carbocycles. The van der Waals surface area contributed by atoms with Crippen LogP contribution < -0.4 is 16.2 Å². The highest BCUT2D eigenvalue weighted by Crippen LogP contribution is 2.30. The molecule has 0 spiro atoms. The average Bonchev–Trinajstić information content (AvgIpc) is 3.16. The second kappa shape index (κ2) is 15.8. The summed E-state index contributed by atoms with van der Waals surface area (Å²) in [5.41, 5.74) is 4.90. The number of benzene rings is 2. The van der Waals surface area contributed by atoms with Gasteiger partial charge in [-0.25, -0.2) is 9.78 Å². The van der Waals surface area contributed by atoms with Gasteiger partial charge in [0.1, 0.15) is 5.65 Å². The smallest absolute Gasteiger partial charge is 0.317 e. The number of urea groups is 1. The van der Waals surface area contributed by atoms with Crippen molar-refractivity contribution in [2.24, 2.45) is 5.92 Å². The summed E-state index contributed by atoms with van der Waals surface area (Å²) in [6.45, 7) is 8.45. The minimum atomic E-state index is 0.0198. The fourth-order valence-corrected chi connectivity index (χ4v) is 8.44. The lowest BCUT2D eigenvalue weighted by Crippen LogP contribution is -2.50. The maximum Gasteiger partial charge on any atom is 0.317 e. The van der Waals surface area contributed by atoms with Gasteiger partial charge < -0.3 is 15.5 Å². The van der Waals surface area contributed by atoms with E-state index in [4.69, 9.17) is 9.97 Å². The van der Waals surface area contributed by atoms with Gasteiger partial charge in [0.15, 0.2) is 0 Å². The number of hydrogen-bond donors (Lipinski definition) is 2. The molecule has 4 aromatic rings. The Morgan fingerprint density at radius 3 is 2.34 bits per heavy atom. The Balaban J connectivity index is 1.09. The van der Waals surface area contributed by atoms with Crippen molar-refractivity contribution in [2.75, 3.05) is 31.5 Å². The van der Waals surface area contributed by atoms with Crippen LogP contribution in [0.15, 0.2) is 71.7 Å². The molecule has 2 aromatic carbocycles. The van der Waals surface area contributed by atoms with E-state index in [0.717, 1.165) is 73.8 Å². The number of likely N-dealkylation sites (tertiary alicyclic amines) is 2. The Labute approximate surface area is 296 Å². The molecule has 50 heavy (non-hydrogen) atoms. The number of anilines is 1. The molecule has 9 nitrogen and oxygen atoms in total. The highest BCUT2D eigenvalue weighted by atomic mass is 16.2. The fraction of sp³-hybridized carbons (Fsp3) is 0.512. The van der Waals surface area contributed by atoms with Crippen LogP contribution in [0.5, 0.6) is 0 Å². The minimum Gasteiger partial charge on any atom is -0.351 e. The lowest BCUT2D eigenvalue weighted by molar-refractivity contribution is 0.172. The normalized spacial score (nSPS) is 19.0. The zero-order chi connectivity index (χ0) is 34.5. The van der Waals surface area contributed by atoms with E-state index in [2.05, 4.69) is 71.8 Å². The molecule has 2 aliphatic heterocycles. The van der Waals surface area contributed by atoms with E-state index in [1.807, 2.05) is 33.9 Å². The van der Waals surface area contributed by atoms with Gasteiger partial charge in [0.25, 0.3) is 5.56 Å². The largest absolute Gasteiger partial charge is 0.351 e. The summed E-state index contributed by atoms with van der Waals surface area (Å²) in [4.78, 5) is 41.9. The molecule has 2 N–H and O–H groups in total. The topological polar surface area (TPSA) is 95.4 Å². The number of hydrogen-bond acceptors (Lipinski definition) is 6. The SMILES string of the molecule is CCc1ccccc1-c1cc2cnc(NC3CCN(C(=O)N[C@H](C)C4CCCCC4)CC3)nc2n(C2CCN(Cc3ccccc3)CC2)c1=O. The summed E-state index contributed by atoms with van der Waals surface area (Å²) in [5.74, 6) is 1.14. The van der Waals surface area contributed by atoms with Gasteiger partial charge >= 0.3 is 6.03 Å². The van der Waals surface area contributed by atoms with Crippen LogP contribution in [0.3, 0.4) is 0 Å². The monoisotopic (exact) mass is 675 g/mol. The molecular weight excluding hydrogens is 622 g/mol. The van der Waals surface area contributed by atoms with Gasteiger partial charge in [-0.15, -0.1) is 0 Å². The average molecular weight is 676 g/mol. The first-order valence-electron chi connectivity index (χ1n) is 19.1. The number of piperidine rings is 2. The number of amides is 2. The summed E-state index contributed by atoms with van der Waals surface area (Å²) >= 11 is 0. The van der Waals surface area contributed by atoms with Crippen molar-refractivity contribution in [3.05, 3.63) is 88.3 Å². The zero-order valence-electron chi connectivity index (χ0n) is 29.8. The quantitative estimate of drug-likeness (QED) is 0.192. The zero-order valence-corrected chi connectivity index (χ0v) is 29.8. The number of aromatic nitrogens is 3. The molecule has 1 atom stereocenters. The standard InChI is InChI=1S/C41H53N7O2/c1-3-31-14-10-11-17-36(31)37-26-33-27-42-40(44-34-18-24-47(25-19-34)41(50)43-29(2)32-15-8-5-9-16-32)45-38(33)48(39(37)49)35-20-22-46(23-21-35)28-30-12-6-4-7-13-30/h4,6-7,10-14,17,26-27,29,32,34-35H,3,5,8-9,15-16,18-25,28H2,1-2H3,(H,43,50)(H,42,44,45)/t29-/m1/s1. The second-order valence-electron chi connectivity index (χ2n) is 14.8. The number of carbonyl (C=O) groups is 1. The van der Waals surface area contributed by atoms with Crippen molar-refractivity contribution < 1.29 is 4.79 Å². The molecule has 2 amide bonds. The van der Waals surface area contributed by atoms with Crippen LogP contribution >= 0.6 is 0 Å². The van der Waals surface area contributed by atoms with Crippen LogP contribution in [0.4, 0.5) is 10.7 Å². The highest BCUT2D eigenvalue weighted by Gasteiger charge is 2.28. The predicted octanol–water partition coefficient (Wildman–Crippen LogP) is 7.41. The Morgan fingerprint density at radius 2 is 1.60 bits per heavy atom. The van der Waals surface area contributed by atoms with Crippen LogP contribution in [0.25, 0.3) is 22.2 Å². The third-order valence-electron chi connectivity index (χ3n) is 11.5. The van der Waals surface area contributed by atoms with Crippen molar-refractivity contribution in [3.8, 4) is 11.1 Å². The van der Waals surface area contributed by atoms with Gasteiger partial charge in [0, 0.05) is 68.0 Å². The lowest BCUT2D eigenvalue weighted by Gasteiger charge is -2.35. The van der Waals surface area contributed by atoms with Crippen LogP contribution in [0.2, 0.25) is 0 Å². The van der Waals surface area contributed by atoms with Crippen molar-refractivity contribution in [1.82, 2.24) is 29.7 Å². The second-order valence-corrected chi connectivity index (χ2v) is 14.8. The van der Waals surface area contributed by atoms with Crippen molar-refractivity contribution in [3.63, 3.8) is 0 Å². The van der Waals surface area contributed by atoms with Crippen LogP contribution in [0, 0.1) is 5.92 Å². The first kappa shape index (κ1) is 34.2. The minimum absolute atomic E-state index is 0.0198. The maximum absolute atomic E-state index is 14.5. The van der Waals surface area contributed by atoms with Gasteiger partial charge in [0.2, 0.25) is 5.95 Å².